The van der Waals surface area contributed by atoms with Crippen LogP contribution in [0.2, 0.25) is 0 Å². The number of hydrogen-bond acceptors (Lipinski definition) is 3. The van der Waals surface area contributed by atoms with Gasteiger partial charge in [-0.25, -0.2) is 8.78 Å². The summed E-state index contributed by atoms with van der Waals surface area (Å²) in [5, 5.41) is 10.8. The monoisotopic (exact) mass is 749 g/mol. The van der Waals surface area contributed by atoms with Gasteiger partial charge in [0.1, 0.15) is 11.6 Å². The molecule has 2 aliphatic carbocycles. The molecular weight excluding hydrogens is 713 g/mol. The molecule has 2 heterocycles. The molecule has 7 aromatic rings. The fraction of sp³-hybridized carbons (Fsp3) is 0.140. The minimum Gasteiger partial charge on any atom is -0.309 e. The van der Waals surface area contributed by atoms with Crippen molar-refractivity contribution in [3.63, 3.8) is 0 Å². The molecule has 10 rings (SSSR count). The van der Waals surface area contributed by atoms with Gasteiger partial charge in [0.2, 0.25) is 0 Å². The third-order valence-electron chi connectivity index (χ3n) is 11.7. The lowest BCUT2D eigenvalue weighted by Crippen LogP contribution is -2.17. The molecule has 0 radical (unpaired) electrons. The maximum Gasteiger partial charge on any atom is 0.123 e. The van der Waals surface area contributed by atoms with Crippen molar-refractivity contribution < 1.29 is 8.78 Å². The van der Waals surface area contributed by atoms with Gasteiger partial charge >= 0.3 is 0 Å². The van der Waals surface area contributed by atoms with Gasteiger partial charge in [0, 0.05) is 32.2 Å². The molecule has 0 bridgehead atoms. The quantitative estimate of drug-likeness (QED) is 0.180. The Labute approximate surface area is 329 Å². The predicted octanol–water partition coefficient (Wildman–Crippen LogP) is 14.2. The van der Waals surface area contributed by atoms with Gasteiger partial charge in [-0.05, 0) is 158 Å². The van der Waals surface area contributed by atoms with Gasteiger partial charge < -0.3 is 9.47 Å². The van der Waals surface area contributed by atoms with Crippen LogP contribution in [0.15, 0.2) is 124 Å². The van der Waals surface area contributed by atoms with E-state index < -0.39 is 0 Å². The van der Waals surface area contributed by atoms with E-state index in [0.29, 0.717) is 22.9 Å². The SMILES string of the molecule is Cc1ccc2c(c1)Sc1cc(C)ccc1N2c1cc(-c2ccc(C)c(C#N)c2)cc(-n2c3c(c4cc(F)ccc42)C=C(F)C2CC2=C3)c1-c1ccc(C)c(C)c1. The highest BCUT2D eigenvalue weighted by atomic mass is 32.2. The summed E-state index contributed by atoms with van der Waals surface area (Å²) in [5.74, 6) is -0.788. The Balaban J connectivity index is 1.40. The van der Waals surface area contributed by atoms with Crippen LogP contribution in [-0.4, -0.2) is 4.57 Å². The Morgan fingerprint density at radius 3 is 2.05 bits per heavy atom. The van der Waals surface area contributed by atoms with Crippen LogP contribution in [0.3, 0.4) is 0 Å². The van der Waals surface area contributed by atoms with E-state index in [1.165, 1.54) is 28.8 Å². The van der Waals surface area contributed by atoms with Crippen LogP contribution >= 0.6 is 11.8 Å². The molecule has 0 spiro atoms. The van der Waals surface area contributed by atoms with Crippen LogP contribution in [0.4, 0.5) is 25.8 Å². The van der Waals surface area contributed by atoms with Crippen LogP contribution in [0.25, 0.3) is 51.0 Å². The van der Waals surface area contributed by atoms with E-state index >= 15 is 8.78 Å². The van der Waals surface area contributed by atoms with E-state index in [-0.39, 0.29) is 17.6 Å². The number of halogens is 2. The molecule has 0 amide bonds. The topological polar surface area (TPSA) is 32.0 Å². The molecule has 3 nitrogen and oxygen atoms in total. The second-order valence-corrected chi connectivity index (χ2v) is 16.6. The summed E-state index contributed by atoms with van der Waals surface area (Å²) < 4.78 is 33.1. The minimum atomic E-state index is -0.370. The number of aromatic nitrogens is 1. The van der Waals surface area contributed by atoms with Gasteiger partial charge in [-0.1, -0.05) is 59.8 Å². The summed E-state index contributed by atoms with van der Waals surface area (Å²) in [5.41, 5.74) is 17.4. The Hall–Kier alpha value is -6.16. The molecule has 1 fully saturated rings. The van der Waals surface area contributed by atoms with Crippen molar-refractivity contribution in [3.8, 4) is 34.0 Å². The lowest BCUT2D eigenvalue weighted by Gasteiger charge is -2.36. The first-order valence-corrected chi connectivity index (χ1v) is 19.8. The minimum absolute atomic E-state index is 0.185. The Morgan fingerprint density at radius 1 is 0.643 bits per heavy atom. The lowest BCUT2D eigenvalue weighted by molar-refractivity contribution is 0.595. The summed E-state index contributed by atoms with van der Waals surface area (Å²) >= 11 is 1.79. The van der Waals surface area contributed by atoms with Crippen LogP contribution in [-0.2, 0) is 0 Å². The van der Waals surface area contributed by atoms with E-state index in [2.05, 4.69) is 122 Å². The fourth-order valence-electron chi connectivity index (χ4n) is 8.42. The highest BCUT2D eigenvalue weighted by Crippen LogP contribution is 2.56. The standard InChI is InChI=1S/C50H37F2N3S/c1-27-6-13-43-48(16-27)56-49-17-28(2)7-14-44(49)55(43)47-22-34(32-10-9-30(4)36(19-32)26-53)21-46(50(47)33-11-8-29(3)31(5)18-33)54-42-15-12-37(51)24-39(42)40-25-41(52)38-20-35(38)23-45(40)54/h6-19,21-25,38H,20H2,1-5H3. The summed E-state index contributed by atoms with van der Waals surface area (Å²) in [4.78, 5) is 4.70. The first kappa shape index (κ1) is 34.3. The fourth-order valence-corrected chi connectivity index (χ4v) is 9.67. The maximum atomic E-state index is 15.7. The van der Waals surface area contributed by atoms with Gasteiger partial charge in [-0.15, -0.1) is 0 Å². The second kappa shape index (κ2) is 12.7. The van der Waals surface area contributed by atoms with Crippen molar-refractivity contribution in [1.82, 2.24) is 4.57 Å². The number of anilines is 3. The number of nitriles is 1. The molecule has 0 saturated heterocycles. The average Bonchev–Trinajstić information content (AvgIpc) is 3.92. The highest BCUT2D eigenvalue weighted by molar-refractivity contribution is 7.99. The van der Waals surface area contributed by atoms with Gasteiger partial charge in [-0.3, -0.25) is 0 Å². The predicted molar refractivity (Wildman–Crippen MR) is 226 cm³/mol. The number of allylic oxidation sites excluding steroid dienone is 2. The number of aryl methyl sites for hydroxylation is 5. The second-order valence-electron chi connectivity index (χ2n) is 15.5. The van der Waals surface area contributed by atoms with Crippen LogP contribution < -0.4 is 4.90 Å². The first-order valence-electron chi connectivity index (χ1n) is 18.9. The van der Waals surface area contributed by atoms with Crippen molar-refractivity contribution in [1.29, 1.82) is 5.26 Å². The molecule has 1 aromatic heterocycles. The van der Waals surface area contributed by atoms with E-state index in [4.69, 9.17) is 0 Å². The summed E-state index contributed by atoms with van der Waals surface area (Å²) in [6.07, 6.45) is 4.41. The van der Waals surface area contributed by atoms with Crippen molar-refractivity contribution in [2.75, 3.05) is 4.90 Å². The number of hydrogen-bond donors (Lipinski definition) is 0. The molecule has 3 aliphatic rings. The third-order valence-corrected chi connectivity index (χ3v) is 12.8. The number of nitrogens with zero attached hydrogens (tertiary/aromatic N) is 3. The number of benzene rings is 6. The normalized spacial score (nSPS) is 15.2. The third kappa shape index (κ3) is 5.44. The molecule has 272 valence electrons. The molecule has 1 saturated carbocycles. The molecule has 6 aromatic carbocycles. The zero-order valence-corrected chi connectivity index (χ0v) is 32.6. The molecule has 1 atom stereocenters. The Bertz CT molecular complexity index is 2930. The van der Waals surface area contributed by atoms with Crippen molar-refractivity contribution in [2.24, 2.45) is 5.92 Å². The van der Waals surface area contributed by atoms with E-state index in [0.717, 1.165) is 82.7 Å². The highest BCUT2D eigenvalue weighted by Gasteiger charge is 2.38. The van der Waals surface area contributed by atoms with E-state index in [9.17, 15) is 5.26 Å². The lowest BCUT2D eigenvalue weighted by atomic mass is 9.92. The summed E-state index contributed by atoms with van der Waals surface area (Å²) in [6.45, 7) is 10.5. The first-order chi connectivity index (χ1) is 27.1. The zero-order chi connectivity index (χ0) is 38.6. The molecule has 6 heteroatoms. The molecule has 1 unspecified atom stereocenters. The number of fused-ring (bicyclic) bond motifs is 6. The van der Waals surface area contributed by atoms with Crippen LogP contribution in [0.5, 0.6) is 0 Å². The summed E-state index contributed by atoms with van der Waals surface area (Å²) in [6, 6.07) is 37.6. The molecular formula is C50H37F2N3S. The average molecular weight is 750 g/mol. The zero-order valence-electron chi connectivity index (χ0n) is 31.8. The van der Waals surface area contributed by atoms with Gasteiger partial charge in [0.25, 0.3) is 0 Å². The van der Waals surface area contributed by atoms with Gasteiger partial charge in [0.15, 0.2) is 0 Å². The summed E-state index contributed by atoms with van der Waals surface area (Å²) in [7, 11) is 0. The maximum absolute atomic E-state index is 15.7. The molecule has 56 heavy (non-hydrogen) atoms. The van der Waals surface area contributed by atoms with Crippen molar-refractivity contribution in [3.05, 3.63) is 165 Å². The largest absolute Gasteiger partial charge is 0.309 e. The van der Waals surface area contributed by atoms with Crippen LogP contribution in [0, 0.1) is 57.7 Å². The van der Waals surface area contributed by atoms with Crippen molar-refractivity contribution >= 4 is 51.9 Å². The Morgan fingerprint density at radius 2 is 1.34 bits per heavy atom. The van der Waals surface area contributed by atoms with Gasteiger partial charge in [0.05, 0.1) is 45.6 Å². The smallest absolute Gasteiger partial charge is 0.123 e. The van der Waals surface area contributed by atoms with E-state index in [1.807, 2.05) is 25.1 Å². The molecule has 1 aliphatic heterocycles. The molecule has 0 N–H and O–H groups in total. The van der Waals surface area contributed by atoms with Crippen molar-refractivity contribution in [2.45, 2.75) is 50.8 Å². The van der Waals surface area contributed by atoms with Crippen LogP contribution in [0.1, 0.15) is 51.1 Å². The number of rotatable bonds is 4. The van der Waals surface area contributed by atoms with E-state index in [1.54, 1.807) is 17.8 Å². The Kier molecular flexibility index (Phi) is 7.78. The van der Waals surface area contributed by atoms with Gasteiger partial charge in [-0.2, -0.15) is 5.26 Å².